The van der Waals surface area contributed by atoms with E-state index in [1.54, 1.807) is 12.1 Å². The third-order valence-corrected chi connectivity index (χ3v) is 4.33. The molecule has 1 N–H and O–H groups in total. The molecule has 8 heteroatoms. The van der Waals surface area contributed by atoms with Gasteiger partial charge in [-0.2, -0.15) is 0 Å². The summed E-state index contributed by atoms with van der Waals surface area (Å²) in [5.41, 5.74) is 1.85. The molecule has 4 rings (SSSR count). The molecule has 6 nitrogen and oxygen atoms in total. The van der Waals surface area contributed by atoms with Crippen LogP contribution in [0.25, 0.3) is 5.69 Å². The van der Waals surface area contributed by atoms with Gasteiger partial charge in [-0.05, 0) is 37.1 Å². The van der Waals surface area contributed by atoms with Crippen LogP contribution in [-0.2, 0) is 0 Å². The Morgan fingerprint density at radius 2 is 2.09 bits per heavy atom. The fourth-order valence-corrected chi connectivity index (χ4v) is 2.95. The topological polar surface area (TPSA) is 72.7 Å². The van der Waals surface area contributed by atoms with Crippen molar-refractivity contribution in [1.29, 1.82) is 0 Å². The average Bonchev–Trinajstić information content (AvgIpc) is 3.10. The van der Waals surface area contributed by atoms with Crippen LogP contribution in [0.5, 0.6) is 0 Å². The maximum atomic E-state index is 12.9. The summed E-state index contributed by atoms with van der Waals surface area (Å²) >= 11 is 1.41. The van der Waals surface area contributed by atoms with Crippen molar-refractivity contribution in [1.82, 2.24) is 20.0 Å². The third-order valence-electron chi connectivity index (χ3n) is 3.56. The van der Waals surface area contributed by atoms with Crippen LogP contribution < -0.4 is 5.32 Å². The van der Waals surface area contributed by atoms with E-state index in [1.165, 1.54) is 47.2 Å². The lowest BCUT2D eigenvalue weighted by Crippen LogP contribution is -2.12. The van der Waals surface area contributed by atoms with Gasteiger partial charge in [-0.3, -0.25) is 10.1 Å². The fourth-order valence-electron chi connectivity index (χ4n) is 2.16. The Hall–Kier alpha value is -2.61. The van der Waals surface area contributed by atoms with Gasteiger partial charge in [0.15, 0.2) is 10.8 Å². The van der Waals surface area contributed by atoms with Gasteiger partial charge in [0.2, 0.25) is 0 Å². The number of aromatic nitrogens is 4. The van der Waals surface area contributed by atoms with E-state index in [9.17, 15) is 9.18 Å². The second-order valence-corrected chi connectivity index (χ2v) is 6.19. The maximum absolute atomic E-state index is 12.9. The molecule has 0 aliphatic heterocycles. The minimum atomic E-state index is -0.366. The van der Waals surface area contributed by atoms with E-state index in [0.29, 0.717) is 16.7 Å². The highest BCUT2D eigenvalue weighted by Crippen LogP contribution is 2.40. The number of anilines is 1. The molecule has 0 atom stereocenters. The lowest BCUT2D eigenvalue weighted by Gasteiger charge is -1.99. The summed E-state index contributed by atoms with van der Waals surface area (Å²) < 4.78 is 14.3. The second-order valence-electron chi connectivity index (χ2n) is 5.33. The summed E-state index contributed by atoms with van der Waals surface area (Å²) in [4.78, 5) is 16.6. The molecule has 23 heavy (non-hydrogen) atoms. The number of amides is 1. The molecule has 0 unspecified atom stereocenters. The zero-order chi connectivity index (χ0) is 15.8. The Bertz CT molecular complexity index is 853. The van der Waals surface area contributed by atoms with Crippen molar-refractivity contribution in [2.24, 2.45) is 0 Å². The molecular formula is C15H12FN5OS. The molecule has 1 amide bonds. The first-order chi connectivity index (χ1) is 11.2. The largest absolute Gasteiger partial charge is 0.296 e. The normalized spacial score (nSPS) is 14.0. The van der Waals surface area contributed by atoms with E-state index in [4.69, 9.17) is 0 Å². The predicted molar refractivity (Wildman–Crippen MR) is 83.4 cm³/mol. The van der Waals surface area contributed by atoms with Crippen molar-refractivity contribution < 1.29 is 9.18 Å². The molecule has 1 fully saturated rings. The number of nitrogens with one attached hydrogen (secondary N) is 1. The Kier molecular flexibility index (Phi) is 3.38. The van der Waals surface area contributed by atoms with Crippen LogP contribution in [0.15, 0.2) is 35.8 Å². The molecule has 1 aliphatic rings. The Labute approximate surface area is 135 Å². The molecule has 2 heterocycles. The quantitative estimate of drug-likeness (QED) is 0.798. The SMILES string of the molecule is O=C(Nc1nc(C2CC2)cs1)c1cn(-c2ccc(F)cc2)nn1. The molecule has 0 radical (unpaired) electrons. The number of carbonyl (C=O) groups is 1. The lowest BCUT2D eigenvalue weighted by atomic mass is 10.3. The first-order valence-corrected chi connectivity index (χ1v) is 8.02. The Morgan fingerprint density at radius 3 is 2.83 bits per heavy atom. The third kappa shape index (κ3) is 2.98. The van der Waals surface area contributed by atoms with Crippen LogP contribution in [0, 0.1) is 5.82 Å². The zero-order valence-corrected chi connectivity index (χ0v) is 12.8. The van der Waals surface area contributed by atoms with Crippen molar-refractivity contribution in [2.45, 2.75) is 18.8 Å². The smallest absolute Gasteiger partial charge is 0.279 e. The average molecular weight is 329 g/mol. The molecule has 0 spiro atoms. The van der Waals surface area contributed by atoms with Crippen LogP contribution >= 0.6 is 11.3 Å². The summed E-state index contributed by atoms with van der Waals surface area (Å²) in [5.74, 6) is -0.145. The molecule has 116 valence electrons. The number of halogens is 1. The first-order valence-electron chi connectivity index (χ1n) is 7.14. The van der Waals surface area contributed by atoms with Gasteiger partial charge >= 0.3 is 0 Å². The highest BCUT2D eigenvalue weighted by atomic mass is 32.1. The van der Waals surface area contributed by atoms with Gasteiger partial charge in [-0.1, -0.05) is 5.21 Å². The van der Waals surface area contributed by atoms with Crippen LogP contribution in [0.2, 0.25) is 0 Å². The first kappa shape index (κ1) is 14.0. The van der Waals surface area contributed by atoms with E-state index in [0.717, 1.165) is 5.69 Å². The molecule has 1 aromatic carbocycles. The summed E-state index contributed by atoms with van der Waals surface area (Å²) in [7, 11) is 0. The summed E-state index contributed by atoms with van der Waals surface area (Å²) in [5, 5.41) is 13.0. The van der Waals surface area contributed by atoms with Gasteiger partial charge in [-0.15, -0.1) is 16.4 Å². The number of benzene rings is 1. The molecule has 0 bridgehead atoms. The zero-order valence-electron chi connectivity index (χ0n) is 11.9. The highest BCUT2D eigenvalue weighted by molar-refractivity contribution is 7.14. The number of nitrogens with zero attached hydrogens (tertiary/aromatic N) is 4. The molecule has 1 saturated carbocycles. The van der Waals surface area contributed by atoms with Gasteiger partial charge < -0.3 is 0 Å². The summed E-state index contributed by atoms with van der Waals surface area (Å²) in [6.07, 6.45) is 3.84. The number of carbonyl (C=O) groups excluding carboxylic acids is 1. The number of hydrogen-bond acceptors (Lipinski definition) is 5. The monoisotopic (exact) mass is 329 g/mol. The van der Waals surface area contributed by atoms with E-state index < -0.39 is 0 Å². The highest BCUT2D eigenvalue weighted by Gasteiger charge is 2.26. The maximum Gasteiger partial charge on any atom is 0.279 e. The number of rotatable bonds is 4. The van der Waals surface area contributed by atoms with Crippen molar-refractivity contribution in [2.75, 3.05) is 5.32 Å². The standard InChI is InChI=1S/C15H12FN5OS/c16-10-3-5-11(6-4-10)21-7-12(19-20-21)14(22)18-15-17-13(8-23-15)9-1-2-9/h3-9H,1-2H2,(H,17,18,22). The van der Waals surface area contributed by atoms with Gasteiger partial charge in [-0.25, -0.2) is 14.1 Å². The van der Waals surface area contributed by atoms with Gasteiger partial charge in [0.25, 0.3) is 5.91 Å². The van der Waals surface area contributed by atoms with Crippen molar-refractivity contribution >= 4 is 22.4 Å². The van der Waals surface area contributed by atoms with Crippen LogP contribution in [0.3, 0.4) is 0 Å². The summed E-state index contributed by atoms with van der Waals surface area (Å²) in [6, 6.07) is 5.78. The van der Waals surface area contributed by atoms with Crippen molar-refractivity contribution in [3.8, 4) is 5.69 Å². The lowest BCUT2D eigenvalue weighted by molar-refractivity contribution is 0.102. The van der Waals surface area contributed by atoms with E-state index >= 15 is 0 Å². The summed E-state index contributed by atoms with van der Waals surface area (Å²) in [6.45, 7) is 0. The van der Waals surface area contributed by atoms with Crippen LogP contribution in [-0.4, -0.2) is 25.9 Å². The van der Waals surface area contributed by atoms with Crippen molar-refractivity contribution in [3.63, 3.8) is 0 Å². The van der Waals surface area contributed by atoms with Gasteiger partial charge in [0, 0.05) is 11.3 Å². The van der Waals surface area contributed by atoms with E-state index in [1.807, 2.05) is 5.38 Å². The molecule has 3 aromatic rings. The molecule has 1 aliphatic carbocycles. The minimum absolute atomic E-state index is 0.178. The van der Waals surface area contributed by atoms with Gasteiger partial charge in [0.05, 0.1) is 17.6 Å². The van der Waals surface area contributed by atoms with E-state index in [-0.39, 0.29) is 17.4 Å². The number of hydrogen-bond donors (Lipinski definition) is 1. The van der Waals surface area contributed by atoms with Gasteiger partial charge in [0.1, 0.15) is 5.82 Å². The molecule has 2 aromatic heterocycles. The Balaban J connectivity index is 1.48. The van der Waals surface area contributed by atoms with Crippen molar-refractivity contribution in [3.05, 3.63) is 53.0 Å². The van der Waals surface area contributed by atoms with Crippen LogP contribution in [0.4, 0.5) is 9.52 Å². The number of thiazole rings is 1. The molecule has 0 saturated heterocycles. The second kappa shape index (κ2) is 5.54. The minimum Gasteiger partial charge on any atom is -0.296 e. The predicted octanol–water partition coefficient (Wildman–Crippen LogP) is 2.99. The Morgan fingerprint density at radius 1 is 1.30 bits per heavy atom. The van der Waals surface area contributed by atoms with E-state index in [2.05, 4.69) is 20.6 Å². The molecular weight excluding hydrogens is 317 g/mol. The van der Waals surface area contributed by atoms with Crippen LogP contribution in [0.1, 0.15) is 34.9 Å². The fraction of sp³-hybridized carbons (Fsp3) is 0.200.